The Labute approximate surface area is 233 Å². The van der Waals surface area contributed by atoms with Crippen molar-refractivity contribution in [3.8, 4) is 5.75 Å². The molecule has 0 bridgehead atoms. The zero-order valence-electron chi connectivity index (χ0n) is 23.5. The average molecular weight is 558 g/mol. The third-order valence-corrected chi connectivity index (χ3v) is 8.51. The van der Waals surface area contributed by atoms with E-state index in [0.29, 0.717) is 37.2 Å². The van der Waals surface area contributed by atoms with Gasteiger partial charge in [-0.25, -0.2) is 8.42 Å². The van der Waals surface area contributed by atoms with Crippen LogP contribution in [0.5, 0.6) is 5.75 Å². The van der Waals surface area contributed by atoms with Gasteiger partial charge in [0.1, 0.15) is 11.8 Å². The number of nitrogens with zero attached hydrogens (tertiary/aromatic N) is 2. The molecule has 2 aromatic rings. The Morgan fingerprint density at radius 1 is 1.00 bits per heavy atom. The zero-order valence-corrected chi connectivity index (χ0v) is 24.3. The highest BCUT2D eigenvalue weighted by Gasteiger charge is 2.30. The molecule has 0 heterocycles. The number of hydrogen-bond donors (Lipinski definition) is 1. The molecule has 0 radical (unpaired) electrons. The maximum absolute atomic E-state index is 13.6. The number of anilines is 1. The second kappa shape index (κ2) is 14.9. The third-order valence-electron chi connectivity index (χ3n) is 7.33. The maximum Gasteiger partial charge on any atom is 0.243 e. The second-order valence-electron chi connectivity index (χ2n) is 10.2. The Hall–Kier alpha value is -3.07. The molecule has 214 valence electrons. The summed E-state index contributed by atoms with van der Waals surface area (Å²) in [7, 11) is -2.10. The Balaban J connectivity index is 1.73. The summed E-state index contributed by atoms with van der Waals surface area (Å²) < 4.78 is 31.9. The van der Waals surface area contributed by atoms with Gasteiger partial charge in [-0.1, -0.05) is 68.7 Å². The van der Waals surface area contributed by atoms with Crippen LogP contribution in [-0.2, 0) is 26.0 Å². The molecule has 2 amide bonds. The van der Waals surface area contributed by atoms with Gasteiger partial charge < -0.3 is 15.0 Å². The number of ether oxygens (including phenoxy) is 1. The summed E-state index contributed by atoms with van der Waals surface area (Å²) in [5, 5.41) is 3.20. The van der Waals surface area contributed by atoms with Gasteiger partial charge in [-0.05, 0) is 49.8 Å². The smallest absolute Gasteiger partial charge is 0.243 e. The summed E-state index contributed by atoms with van der Waals surface area (Å²) >= 11 is 0. The van der Waals surface area contributed by atoms with Crippen LogP contribution in [-0.4, -0.2) is 63.7 Å². The second-order valence-corrected chi connectivity index (χ2v) is 12.1. The molecule has 0 unspecified atom stereocenters. The fraction of sp³-hybridized carbons (Fsp3) is 0.533. The van der Waals surface area contributed by atoms with Crippen LogP contribution >= 0.6 is 0 Å². The minimum atomic E-state index is -3.60. The van der Waals surface area contributed by atoms with Crippen LogP contribution in [0, 0.1) is 0 Å². The Kier molecular flexibility index (Phi) is 11.7. The fourth-order valence-corrected chi connectivity index (χ4v) is 6.23. The van der Waals surface area contributed by atoms with E-state index in [0.717, 1.165) is 37.5 Å². The van der Waals surface area contributed by atoms with Gasteiger partial charge in [0.25, 0.3) is 0 Å². The van der Waals surface area contributed by atoms with E-state index in [4.69, 9.17) is 4.74 Å². The van der Waals surface area contributed by atoms with Gasteiger partial charge in [-0.15, -0.1) is 0 Å². The summed E-state index contributed by atoms with van der Waals surface area (Å²) in [6.07, 6.45) is 8.11. The molecular weight excluding hydrogens is 514 g/mol. The quantitative estimate of drug-likeness (QED) is 0.368. The first-order valence-corrected chi connectivity index (χ1v) is 15.8. The predicted octanol–water partition coefficient (Wildman–Crippen LogP) is 4.54. The summed E-state index contributed by atoms with van der Waals surface area (Å²) in [6.45, 7) is 2.48. The number of carbonyl (C=O) groups is 2. The minimum Gasteiger partial charge on any atom is -0.495 e. The van der Waals surface area contributed by atoms with Gasteiger partial charge in [-0.2, -0.15) is 0 Å². The van der Waals surface area contributed by atoms with Gasteiger partial charge in [0.15, 0.2) is 0 Å². The first kappa shape index (κ1) is 30.5. The van der Waals surface area contributed by atoms with Crippen LogP contribution < -0.4 is 14.4 Å². The van der Waals surface area contributed by atoms with Gasteiger partial charge >= 0.3 is 0 Å². The predicted molar refractivity (Wildman–Crippen MR) is 155 cm³/mol. The molecule has 1 aliphatic rings. The number of methoxy groups -OCH3 is 1. The van der Waals surface area contributed by atoms with E-state index in [1.807, 2.05) is 37.3 Å². The molecule has 3 rings (SSSR count). The fourth-order valence-electron chi connectivity index (χ4n) is 5.26. The van der Waals surface area contributed by atoms with Crippen LogP contribution in [0.3, 0.4) is 0 Å². The Morgan fingerprint density at radius 3 is 2.31 bits per heavy atom. The number of amides is 2. The molecule has 1 saturated carbocycles. The minimum absolute atomic E-state index is 0.0994. The van der Waals surface area contributed by atoms with Gasteiger partial charge in [0.05, 0.1) is 19.1 Å². The van der Waals surface area contributed by atoms with Crippen molar-refractivity contribution in [3.63, 3.8) is 0 Å². The lowest BCUT2D eigenvalue weighted by Gasteiger charge is -2.33. The number of sulfonamides is 1. The molecule has 1 N–H and O–H groups in total. The molecule has 1 fully saturated rings. The number of rotatable bonds is 14. The lowest BCUT2D eigenvalue weighted by Crippen LogP contribution is -2.52. The molecule has 2 aromatic carbocycles. The Morgan fingerprint density at radius 2 is 1.67 bits per heavy atom. The molecule has 0 spiro atoms. The molecule has 0 saturated heterocycles. The number of benzene rings is 2. The first-order valence-electron chi connectivity index (χ1n) is 14.0. The molecule has 1 atom stereocenters. The van der Waals surface area contributed by atoms with E-state index in [2.05, 4.69) is 5.32 Å². The monoisotopic (exact) mass is 557 g/mol. The topological polar surface area (TPSA) is 96.0 Å². The molecule has 39 heavy (non-hydrogen) atoms. The van der Waals surface area contributed by atoms with Crippen LogP contribution in [0.4, 0.5) is 5.69 Å². The highest BCUT2D eigenvalue weighted by Crippen LogP contribution is 2.30. The number of nitrogens with one attached hydrogen (secondary N) is 1. The molecule has 0 aliphatic heterocycles. The molecule has 1 aliphatic carbocycles. The van der Waals surface area contributed by atoms with E-state index in [-0.39, 0.29) is 30.8 Å². The molecule has 8 nitrogen and oxygen atoms in total. The SMILES string of the molecule is CC[C@H](C(=O)NC1CCCCC1)N(CCc1ccccc1)C(=O)CCCN(c1ccccc1OC)S(C)(=O)=O. The van der Waals surface area contributed by atoms with E-state index >= 15 is 0 Å². The zero-order chi connectivity index (χ0) is 28.3. The highest BCUT2D eigenvalue weighted by molar-refractivity contribution is 7.92. The highest BCUT2D eigenvalue weighted by atomic mass is 32.2. The number of carbonyl (C=O) groups excluding carboxylic acids is 2. The van der Waals surface area contributed by atoms with E-state index in [1.54, 1.807) is 29.2 Å². The lowest BCUT2D eigenvalue weighted by atomic mass is 9.95. The first-order chi connectivity index (χ1) is 18.7. The van der Waals surface area contributed by atoms with Crippen LogP contribution in [0.25, 0.3) is 0 Å². The van der Waals surface area contributed by atoms with Gasteiger partial charge in [-0.3, -0.25) is 13.9 Å². The van der Waals surface area contributed by atoms with Crippen molar-refractivity contribution in [3.05, 3.63) is 60.2 Å². The standard InChI is InChI=1S/C30H43N3O5S/c1-4-26(30(35)31-25-16-9-6-10-17-25)32(23-21-24-14-7-5-8-15-24)29(34)20-13-22-33(39(3,36)37)27-18-11-12-19-28(27)38-2/h5,7-8,11-12,14-15,18-19,25-26H,4,6,9-10,13,16-17,20-23H2,1-3H3,(H,31,35)/t26-/m1/s1. The number of hydrogen-bond acceptors (Lipinski definition) is 5. The van der Waals surface area contributed by atoms with Crippen LogP contribution in [0.15, 0.2) is 54.6 Å². The van der Waals surface area contributed by atoms with Crippen molar-refractivity contribution in [2.45, 2.75) is 76.8 Å². The van der Waals surface area contributed by atoms with E-state index in [9.17, 15) is 18.0 Å². The summed E-state index contributed by atoms with van der Waals surface area (Å²) in [6, 6.07) is 16.4. The van der Waals surface area contributed by atoms with Crippen molar-refractivity contribution in [1.29, 1.82) is 0 Å². The van der Waals surface area contributed by atoms with Crippen LogP contribution in [0.2, 0.25) is 0 Å². The average Bonchev–Trinajstić information content (AvgIpc) is 2.93. The van der Waals surface area contributed by atoms with Crippen molar-refractivity contribution < 1.29 is 22.7 Å². The maximum atomic E-state index is 13.6. The Bertz CT molecular complexity index is 1170. The van der Waals surface area contributed by atoms with E-state index < -0.39 is 16.1 Å². The summed E-state index contributed by atoms with van der Waals surface area (Å²) in [5.74, 6) is 0.201. The van der Waals surface area contributed by atoms with E-state index in [1.165, 1.54) is 17.8 Å². The largest absolute Gasteiger partial charge is 0.495 e. The number of para-hydroxylation sites is 2. The molecule has 9 heteroatoms. The third kappa shape index (κ3) is 8.98. The molecular formula is C30H43N3O5S. The van der Waals surface area contributed by atoms with Gasteiger partial charge in [0.2, 0.25) is 21.8 Å². The van der Waals surface area contributed by atoms with Crippen LogP contribution in [0.1, 0.15) is 63.9 Å². The summed E-state index contributed by atoms with van der Waals surface area (Å²) in [4.78, 5) is 28.7. The summed E-state index contributed by atoms with van der Waals surface area (Å²) in [5.41, 5.74) is 1.53. The van der Waals surface area contributed by atoms with Crippen molar-refractivity contribution in [2.75, 3.05) is 30.8 Å². The normalized spacial score (nSPS) is 14.8. The van der Waals surface area contributed by atoms with Crippen molar-refractivity contribution >= 4 is 27.5 Å². The van der Waals surface area contributed by atoms with Gasteiger partial charge in [0, 0.05) is 25.6 Å². The lowest BCUT2D eigenvalue weighted by molar-refractivity contribution is -0.141. The van der Waals surface area contributed by atoms with Crippen molar-refractivity contribution in [1.82, 2.24) is 10.2 Å². The molecule has 0 aromatic heterocycles. The van der Waals surface area contributed by atoms with Crippen molar-refractivity contribution in [2.24, 2.45) is 0 Å².